The molecule has 1 saturated heterocycles. The molecule has 0 bridgehead atoms. The van der Waals surface area contributed by atoms with E-state index in [1.165, 1.54) is 10.3 Å². The predicted octanol–water partition coefficient (Wildman–Crippen LogP) is 2.95. The van der Waals surface area contributed by atoms with Crippen molar-refractivity contribution in [3.63, 3.8) is 0 Å². The Morgan fingerprint density at radius 3 is 3.20 bits per heavy atom. The highest BCUT2D eigenvalue weighted by Crippen LogP contribution is 2.27. The summed E-state index contributed by atoms with van der Waals surface area (Å²) in [5.74, 6) is 0. The normalized spacial score (nSPS) is 23.1. The van der Waals surface area contributed by atoms with Gasteiger partial charge in [0, 0.05) is 13.2 Å². The number of thiazole rings is 1. The van der Waals surface area contributed by atoms with Crippen molar-refractivity contribution in [2.24, 2.45) is 0 Å². The lowest BCUT2D eigenvalue weighted by Crippen LogP contribution is -2.40. The Balaban J connectivity index is 1.59. The van der Waals surface area contributed by atoms with Crippen molar-refractivity contribution in [2.75, 3.05) is 25.1 Å². The highest BCUT2D eigenvalue weighted by molar-refractivity contribution is 7.22. The number of anilines is 1. The lowest BCUT2D eigenvalue weighted by Gasteiger charge is -2.31. The lowest BCUT2D eigenvalue weighted by molar-refractivity contribution is -0.0875. The Hall–Kier alpha value is -1.17. The lowest BCUT2D eigenvalue weighted by atomic mass is 9.93. The minimum absolute atomic E-state index is 0.452. The molecule has 20 heavy (non-hydrogen) atoms. The molecule has 1 atom stereocenters. The van der Waals surface area contributed by atoms with Crippen molar-refractivity contribution in [1.82, 2.24) is 4.98 Å². The highest BCUT2D eigenvalue weighted by Gasteiger charge is 2.29. The monoisotopic (exact) mass is 292 g/mol. The number of nitrogens with one attached hydrogen (secondary N) is 1. The minimum atomic E-state index is -0.668. The zero-order valence-electron chi connectivity index (χ0n) is 11.7. The van der Waals surface area contributed by atoms with Gasteiger partial charge in [-0.15, -0.1) is 0 Å². The van der Waals surface area contributed by atoms with Gasteiger partial charge >= 0.3 is 0 Å². The Morgan fingerprint density at radius 1 is 1.50 bits per heavy atom. The number of aromatic nitrogens is 1. The molecule has 1 aromatic carbocycles. The minimum Gasteiger partial charge on any atom is -0.387 e. The Morgan fingerprint density at radius 2 is 2.40 bits per heavy atom. The summed E-state index contributed by atoms with van der Waals surface area (Å²) in [5, 5.41) is 14.6. The van der Waals surface area contributed by atoms with Crippen molar-refractivity contribution >= 4 is 26.7 Å². The number of rotatable bonds is 4. The first-order chi connectivity index (χ1) is 9.65. The van der Waals surface area contributed by atoms with E-state index in [2.05, 4.69) is 35.4 Å². The standard InChI is InChI=1S/C15H20N2O2S/c1-11-3-4-13-12(9-11)17-14(20-13)16-7-6-15(18)5-2-8-19-10-15/h3-4,9,18H,2,5-8,10H2,1H3,(H,16,17). The fraction of sp³-hybridized carbons (Fsp3) is 0.533. The van der Waals surface area contributed by atoms with Crippen LogP contribution in [0.25, 0.3) is 10.2 Å². The summed E-state index contributed by atoms with van der Waals surface area (Å²) in [7, 11) is 0. The Labute approximate surface area is 122 Å². The Bertz CT molecular complexity index is 591. The van der Waals surface area contributed by atoms with Crippen LogP contribution in [0.3, 0.4) is 0 Å². The number of aliphatic hydroxyl groups is 1. The molecule has 0 saturated carbocycles. The van der Waals surface area contributed by atoms with Crippen LogP contribution in [0.1, 0.15) is 24.8 Å². The van der Waals surface area contributed by atoms with E-state index >= 15 is 0 Å². The van der Waals surface area contributed by atoms with Gasteiger partial charge in [0.15, 0.2) is 5.13 Å². The van der Waals surface area contributed by atoms with Crippen molar-refractivity contribution < 1.29 is 9.84 Å². The molecule has 0 amide bonds. The van der Waals surface area contributed by atoms with Crippen molar-refractivity contribution in [1.29, 1.82) is 0 Å². The molecule has 3 rings (SSSR count). The SMILES string of the molecule is Cc1ccc2sc(NCCC3(O)CCCOC3)nc2c1. The number of hydrogen-bond donors (Lipinski definition) is 2. The van der Waals surface area contributed by atoms with Gasteiger partial charge in [0.2, 0.25) is 0 Å². The van der Waals surface area contributed by atoms with Gasteiger partial charge in [-0.05, 0) is 43.9 Å². The molecule has 5 heteroatoms. The van der Waals surface area contributed by atoms with Crippen molar-refractivity contribution in [3.8, 4) is 0 Å². The van der Waals surface area contributed by atoms with Gasteiger partial charge < -0.3 is 15.2 Å². The van der Waals surface area contributed by atoms with Crippen LogP contribution < -0.4 is 5.32 Å². The van der Waals surface area contributed by atoms with Gasteiger partial charge in [-0.2, -0.15) is 0 Å². The van der Waals surface area contributed by atoms with E-state index in [-0.39, 0.29) is 0 Å². The van der Waals surface area contributed by atoms with Gasteiger partial charge in [0.1, 0.15) is 0 Å². The van der Waals surface area contributed by atoms with Crippen LogP contribution in [0.15, 0.2) is 18.2 Å². The molecule has 0 spiro atoms. The van der Waals surface area contributed by atoms with E-state index < -0.39 is 5.60 Å². The van der Waals surface area contributed by atoms with E-state index in [4.69, 9.17) is 4.74 Å². The fourth-order valence-electron chi connectivity index (χ4n) is 2.55. The number of aryl methyl sites for hydroxylation is 1. The number of hydrogen-bond acceptors (Lipinski definition) is 5. The van der Waals surface area contributed by atoms with Crippen LogP contribution in [0.2, 0.25) is 0 Å². The van der Waals surface area contributed by atoms with Crippen LogP contribution in [0, 0.1) is 6.92 Å². The summed E-state index contributed by atoms with van der Waals surface area (Å²) in [6, 6.07) is 6.31. The first kappa shape index (κ1) is 13.8. The summed E-state index contributed by atoms with van der Waals surface area (Å²) < 4.78 is 6.55. The average molecular weight is 292 g/mol. The van der Waals surface area contributed by atoms with E-state index in [1.807, 2.05) is 0 Å². The van der Waals surface area contributed by atoms with Crippen LogP contribution in [-0.2, 0) is 4.74 Å². The van der Waals surface area contributed by atoms with Crippen LogP contribution in [-0.4, -0.2) is 35.5 Å². The van der Waals surface area contributed by atoms with Crippen LogP contribution >= 0.6 is 11.3 Å². The zero-order valence-corrected chi connectivity index (χ0v) is 12.5. The van der Waals surface area contributed by atoms with Gasteiger partial charge in [0.25, 0.3) is 0 Å². The highest BCUT2D eigenvalue weighted by atomic mass is 32.1. The van der Waals surface area contributed by atoms with Gasteiger partial charge in [-0.1, -0.05) is 17.4 Å². The molecule has 1 aliphatic heterocycles. The third-order valence-corrected chi connectivity index (χ3v) is 4.71. The number of ether oxygens (including phenoxy) is 1. The van der Waals surface area contributed by atoms with E-state index in [0.29, 0.717) is 13.0 Å². The molecule has 0 aliphatic carbocycles. The molecule has 0 radical (unpaired) electrons. The maximum atomic E-state index is 10.3. The number of fused-ring (bicyclic) bond motifs is 1. The predicted molar refractivity (Wildman–Crippen MR) is 82.5 cm³/mol. The van der Waals surface area contributed by atoms with Gasteiger partial charge in [-0.25, -0.2) is 4.98 Å². The molecule has 4 nitrogen and oxygen atoms in total. The summed E-state index contributed by atoms with van der Waals surface area (Å²) in [4.78, 5) is 4.57. The second kappa shape index (κ2) is 5.68. The maximum absolute atomic E-state index is 10.3. The second-order valence-electron chi connectivity index (χ2n) is 5.55. The van der Waals surface area contributed by atoms with E-state index in [0.717, 1.165) is 36.6 Å². The quantitative estimate of drug-likeness (QED) is 0.909. The number of benzene rings is 1. The molecule has 2 heterocycles. The van der Waals surface area contributed by atoms with Crippen molar-refractivity contribution in [2.45, 2.75) is 31.8 Å². The Kier molecular flexibility index (Phi) is 3.92. The topological polar surface area (TPSA) is 54.4 Å². The van der Waals surface area contributed by atoms with Gasteiger partial charge in [0.05, 0.1) is 22.4 Å². The molecular formula is C15H20N2O2S. The second-order valence-corrected chi connectivity index (χ2v) is 6.58. The van der Waals surface area contributed by atoms with Gasteiger partial charge in [-0.3, -0.25) is 0 Å². The summed E-state index contributed by atoms with van der Waals surface area (Å²) in [5.41, 5.74) is 1.60. The van der Waals surface area contributed by atoms with E-state index in [9.17, 15) is 5.11 Å². The molecule has 108 valence electrons. The van der Waals surface area contributed by atoms with Crippen LogP contribution in [0.4, 0.5) is 5.13 Å². The summed E-state index contributed by atoms with van der Waals surface area (Å²) >= 11 is 1.66. The first-order valence-electron chi connectivity index (χ1n) is 7.06. The third-order valence-electron chi connectivity index (χ3n) is 3.71. The average Bonchev–Trinajstić information content (AvgIpc) is 2.81. The molecule has 1 fully saturated rings. The van der Waals surface area contributed by atoms with Crippen LogP contribution in [0.5, 0.6) is 0 Å². The van der Waals surface area contributed by atoms with E-state index in [1.54, 1.807) is 11.3 Å². The summed E-state index contributed by atoms with van der Waals surface area (Å²) in [6.45, 7) is 4.02. The largest absolute Gasteiger partial charge is 0.387 e. The number of nitrogens with zero attached hydrogens (tertiary/aromatic N) is 1. The summed E-state index contributed by atoms with van der Waals surface area (Å²) in [6.07, 6.45) is 2.46. The first-order valence-corrected chi connectivity index (χ1v) is 7.88. The maximum Gasteiger partial charge on any atom is 0.183 e. The fourth-order valence-corrected chi connectivity index (χ4v) is 3.42. The molecule has 1 unspecified atom stereocenters. The smallest absolute Gasteiger partial charge is 0.183 e. The molecule has 1 aromatic heterocycles. The zero-order chi connectivity index (χ0) is 14.0. The molecular weight excluding hydrogens is 272 g/mol. The van der Waals surface area contributed by atoms with Crippen molar-refractivity contribution in [3.05, 3.63) is 23.8 Å². The molecule has 2 N–H and O–H groups in total. The molecule has 1 aliphatic rings. The third kappa shape index (κ3) is 3.11. The molecule has 2 aromatic rings.